The number of hydrogen-bond acceptors (Lipinski definition) is 1. The predicted molar refractivity (Wildman–Crippen MR) is 63.7 cm³/mol. The molecular weight excluding hydrogens is 315 g/mol. The van der Waals surface area contributed by atoms with Crippen LogP contribution < -0.4 is 34.4 Å². The molecule has 0 aromatic carbocycles. The quantitative estimate of drug-likeness (QED) is 0.468. The molecule has 1 heterocycles. The fourth-order valence-corrected chi connectivity index (χ4v) is 1.44. The van der Waals surface area contributed by atoms with Crippen molar-refractivity contribution in [1.82, 2.24) is 10.3 Å². The van der Waals surface area contributed by atoms with Crippen LogP contribution in [-0.2, 0) is 0 Å². The van der Waals surface area contributed by atoms with E-state index in [9.17, 15) is 0 Å². The molecule has 0 bridgehead atoms. The van der Waals surface area contributed by atoms with Crippen molar-refractivity contribution in [1.29, 1.82) is 0 Å². The average molecular weight is 340 g/mol. The highest BCUT2D eigenvalue weighted by atomic mass is 127. The third-order valence-corrected chi connectivity index (χ3v) is 2.37. The van der Waals surface area contributed by atoms with E-state index in [1.54, 1.807) is 0 Å². The van der Waals surface area contributed by atoms with E-state index in [-0.39, 0.29) is 35.1 Å². The van der Waals surface area contributed by atoms with Gasteiger partial charge in [-0.25, -0.2) is 15.4 Å². The number of guanidine groups is 1. The van der Waals surface area contributed by atoms with Crippen LogP contribution in [-0.4, -0.2) is 35.7 Å². The Kier molecular flexibility index (Phi) is 5.07. The summed E-state index contributed by atoms with van der Waals surface area (Å²) in [7, 11) is 2.08. The van der Waals surface area contributed by atoms with Gasteiger partial charge in [0, 0.05) is 7.05 Å². The van der Waals surface area contributed by atoms with Crippen molar-refractivity contribution in [2.75, 3.05) is 13.7 Å². The SMILES string of the molecule is CN1C[NH+](C(C)(C)C)NC1=NC(C)(C)C.[I-]. The smallest absolute Gasteiger partial charge is 0.245 e. The highest BCUT2D eigenvalue weighted by Gasteiger charge is 2.35. The minimum absolute atomic E-state index is 0. The maximum Gasteiger partial charge on any atom is 0.245 e. The van der Waals surface area contributed by atoms with Gasteiger partial charge in [-0.15, -0.1) is 0 Å². The Labute approximate surface area is 116 Å². The van der Waals surface area contributed by atoms with Crippen LogP contribution in [0.3, 0.4) is 0 Å². The predicted octanol–water partition coefficient (Wildman–Crippen LogP) is -2.76. The molecule has 5 heteroatoms. The molecule has 96 valence electrons. The number of quaternary nitrogens is 1. The second-order valence-corrected chi connectivity index (χ2v) is 6.32. The molecule has 2 N–H and O–H groups in total. The first kappa shape index (κ1) is 16.0. The lowest BCUT2D eigenvalue weighted by Gasteiger charge is -2.25. The summed E-state index contributed by atoms with van der Waals surface area (Å²) in [5.74, 6) is 0.993. The van der Waals surface area contributed by atoms with Crippen LogP contribution in [0.4, 0.5) is 0 Å². The third-order valence-electron chi connectivity index (χ3n) is 2.37. The van der Waals surface area contributed by atoms with E-state index in [0.29, 0.717) is 0 Å². The number of nitrogens with zero attached hydrogens (tertiary/aromatic N) is 2. The lowest BCUT2D eigenvalue weighted by Crippen LogP contribution is -3.23. The first-order valence-electron chi connectivity index (χ1n) is 5.54. The molecule has 0 aromatic heterocycles. The number of halogens is 1. The maximum absolute atomic E-state index is 4.66. The third kappa shape index (κ3) is 4.45. The number of nitrogens with one attached hydrogen (secondary N) is 2. The first-order chi connectivity index (χ1) is 6.59. The summed E-state index contributed by atoms with van der Waals surface area (Å²) in [5, 5.41) is 1.34. The largest absolute Gasteiger partial charge is 1.00 e. The maximum atomic E-state index is 4.66. The molecule has 0 aliphatic carbocycles. The standard InChI is InChI=1S/C11H24N4.HI/c1-10(2,3)12-9-13-15(8-14(9)7)11(4,5)6;/h8H2,1-7H3,(H,12,13);1H. The molecule has 1 unspecified atom stereocenters. The summed E-state index contributed by atoms with van der Waals surface area (Å²) < 4.78 is 0. The second kappa shape index (κ2) is 5.08. The van der Waals surface area contributed by atoms with Crippen molar-refractivity contribution >= 4 is 5.96 Å². The van der Waals surface area contributed by atoms with Crippen molar-refractivity contribution in [3.05, 3.63) is 0 Å². The normalized spacial score (nSPS) is 24.3. The van der Waals surface area contributed by atoms with Crippen molar-refractivity contribution in [3.63, 3.8) is 0 Å². The lowest BCUT2D eigenvalue weighted by molar-refractivity contribution is -0.976. The van der Waals surface area contributed by atoms with E-state index in [1.165, 1.54) is 5.01 Å². The molecule has 0 amide bonds. The molecule has 0 spiro atoms. The Balaban J connectivity index is 0.00000225. The fourth-order valence-electron chi connectivity index (χ4n) is 1.44. The Morgan fingerprint density at radius 2 is 1.69 bits per heavy atom. The molecule has 16 heavy (non-hydrogen) atoms. The van der Waals surface area contributed by atoms with Crippen LogP contribution in [0.1, 0.15) is 41.5 Å². The van der Waals surface area contributed by atoms with Gasteiger partial charge in [-0.2, -0.15) is 0 Å². The Morgan fingerprint density at radius 3 is 2.00 bits per heavy atom. The number of aliphatic imine (C=N–C) groups is 1. The summed E-state index contributed by atoms with van der Waals surface area (Å²) in [5.41, 5.74) is 3.60. The van der Waals surface area contributed by atoms with Gasteiger partial charge < -0.3 is 24.0 Å². The molecular formula is C11H25IN4. The van der Waals surface area contributed by atoms with E-state index in [1.807, 2.05) is 0 Å². The minimum Gasteiger partial charge on any atom is -1.00 e. The van der Waals surface area contributed by atoms with Crippen LogP contribution in [0.25, 0.3) is 0 Å². The summed E-state index contributed by atoms with van der Waals surface area (Å²) in [6.07, 6.45) is 0. The monoisotopic (exact) mass is 340 g/mol. The zero-order chi connectivity index (χ0) is 11.9. The Bertz CT molecular complexity index is 262. The van der Waals surface area contributed by atoms with Gasteiger partial charge in [0.2, 0.25) is 5.96 Å². The molecule has 1 rings (SSSR count). The molecule has 0 aromatic rings. The molecule has 1 aliphatic rings. The molecule has 1 aliphatic heterocycles. The highest BCUT2D eigenvalue weighted by Crippen LogP contribution is 2.07. The molecule has 0 radical (unpaired) electrons. The zero-order valence-corrected chi connectivity index (χ0v) is 13.6. The number of rotatable bonds is 0. The minimum atomic E-state index is -0.0239. The van der Waals surface area contributed by atoms with E-state index >= 15 is 0 Å². The van der Waals surface area contributed by atoms with Gasteiger partial charge in [-0.05, 0) is 41.5 Å². The van der Waals surface area contributed by atoms with Gasteiger partial charge in [0.1, 0.15) is 5.54 Å². The lowest BCUT2D eigenvalue weighted by atomic mass is 10.1. The van der Waals surface area contributed by atoms with Gasteiger partial charge in [-0.1, -0.05) is 0 Å². The van der Waals surface area contributed by atoms with E-state index in [2.05, 4.69) is 63.9 Å². The summed E-state index contributed by atoms with van der Waals surface area (Å²) in [6.45, 7) is 14.0. The van der Waals surface area contributed by atoms with Gasteiger partial charge in [0.25, 0.3) is 0 Å². The van der Waals surface area contributed by atoms with E-state index < -0.39 is 0 Å². The second-order valence-electron chi connectivity index (χ2n) is 6.32. The van der Waals surface area contributed by atoms with Crippen LogP contribution in [0.5, 0.6) is 0 Å². The van der Waals surface area contributed by atoms with Crippen LogP contribution >= 0.6 is 0 Å². The topological polar surface area (TPSA) is 32.1 Å². The summed E-state index contributed by atoms with van der Waals surface area (Å²) in [6, 6.07) is 0. The summed E-state index contributed by atoms with van der Waals surface area (Å²) in [4.78, 5) is 6.84. The van der Waals surface area contributed by atoms with Crippen molar-refractivity contribution < 1.29 is 29.0 Å². The molecule has 1 saturated heterocycles. The van der Waals surface area contributed by atoms with Crippen LogP contribution in [0.2, 0.25) is 0 Å². The number of hydrogen-bond donors (Lipinski definition) is 2. The summed E-state index contributed by atoms with van der Waals surface area (Å²) >= 11 is 0. The van der Waals surface area contributed by atoms with Crippen molar-refractivity contribution in [3.8, 4) is 0 Å². The van der Waals surface area contributed by atoms with Crippen molar-refractivity contribution in [2.24, 2.45) is 4.99 Å². The molecule has 1 atom stereocenters. The van der Waals surface area contributed by atoms with Crippen LogP contribution in [0, 0.1) is 0 Å². The van der Waals surface area contributed by atoms with Gasteiger partial charge in [0.05, 0.1) is 5.54 Å². The molecule has 0 saturated carbocycles. The zero-order valence-electron chi connectivity index (χ0n) is 11.5. The van der Waals surface area contributed by atoms with Crippen molar-refractivity contribution in [2.45, 2.75) is 52.6 Å². The van der Waals surface area contributed by atoms with Gasteiger partial charge in [-0.3, -0.25) is 4.90 Å². The Morgan fingerprint density at radius 1 is 1.19 bits per heavy atom. The van der Waals surface area contributed by atoms with E-state index in [4.69, 9.17) is 0 Å². The molecule has 1 fully saturated rings. The highest BCUT2D eigenvalue weighted by molar-refractivity contribution is 5.79. The van der Waals surface area contributed by atoms with Gasteiger partial charge in [0.15, 0.2) is 6.67 Å². The first-order valence-corrected chi connectivity index (χ1v) is 5.54. The Hall–Kier alpha value is -0.0400. The van der Waals surface area contributed by atoms with Crippen LogP contribution in [0.15, 0.2) is 4.99 Å². The fraction of sp³-hybridized carbons (Fsp3) is 0.909. The molecule has 4 nitrogen and oxygen atoms in total. The van der Waals surface area contributed by atoms with Gasteiger partial charge >= 0.3 is 0 Å². The average Bonchev–Trinajstić information content (AvgIpc) is 2.27. The van der Waals surface area contributed by atoms with E-state index in [0.717, 1.165) is 12.6 Å².